The molecule has 1 aromatic heterocycles. The van der Waals surface area contributed by atoms with Crippen LogP contribution >= 0.6 is 0 Å². The molecule has 0 spiro atoms. The number of rotatable bonds is 13. The van der Waals surface area contributed by atoms with Gasteiger partial charge in [0.2, 0.25) is 5.95 Å². The number of hydrogen-bond acceptors (Lipinski definition) is 10. The van der Waals surface area contributed by atoms with Crippen LogP contribution in [0.15, 0.2) is 90.0 Å². The zero-order valence-electron chi connectivity index (χ0n) is 33.8. The third kappa shape index (κ3) is 8.36. The number of nitrogens with one attached hydrogen (secondary N) is 1. The molecule has 0 saturated carbocycles. The average molecular weight is 775 g/mol. The number of hydrogen-bond donors (Lipinski definition) is 2. The van der Waals surface area contributed by atoms with E-state index in [0.29, 0.717) is 11.5 Å². The van der Waals surface area contributed by atoms with Gasteiger partial charge >= 0.3 is 5.69 Å². The normalized spacial score (nSPS) is 19.8. The smallest absolute Gasteiger partial charge is 0.354 e. The van der Waals surface area contributed by atoms with Crippen LogP contribution < -0.4 is 20.5 Å². The van der Waals surface area contributed by atoms with E-state index in [-0.39, 0.29) is 22.6 Å². The minimum atomic E-state index is -2.45. The zero-order valence-corrected chi connectivity index (χ0v) is 35.8. The molecule has 1 saturated heterocycles. The predicted octanol–water partition coefficient (Wildman–Crippen LogP) is 7.73. The Hall–Kier alpha value is -3.86. The lowest BCUT2D eigenvalue weighted by Crippen LogP contribution is -2.50. The molecule has 0 unspecified atom stereocenters. The number of methoxy groups -OCH3 is 2. The highest BCUT2D eigenvalue weighted by Crippen LogP contribution is 2.44. The number of aliphatic hydroxyl groups is 1. The summed E-state index contributed by atoms with van der Waals surface area (Å²) in [7, 11) is -1.37. The Morgan fingerprint density at radius 3 is 1.74 bits per heavy atom. The van der Waals surface area contributed by atoms with E-state index in [1.165, 1.54) is 10.9 Å². The Morgan fingerprint density at radius 1 is 0.778 bits per heavy atom. The number of ether oxygens (including phenoxy) is 3. The first-order valence-electron chi connectivity index (χ1n) is 18.5. The van der Waals surface area contributed by atoms with E-state index in [4.69, 9.17) is 28.0 Å². The lowest BCUT2D eigenvalue weighted by Gasteiger charge is -2.40. The van der Waals surface area contributed by atoms with Crippen molar-refractivity contribution in [1.82, 2.24) is 14.5 Å². The summed E-state index contributed by atoms with van der Waals surface area (Å²) in [6.07, 6.45) is -2.17. The second-order valence-electron chi connectivity index (χ2n) is 17.0. The molecule has 13 heteroatoms. The molecule has 1 fully saturated rings. The lowest BCUT2D eigenvalue weighted by atomic mass is 9.77. The topological polar surface area (TPSA) is 126 Å². The minimum Gasteiger partial charge on any atom is -0.497 e. The van der Waals surface area contributed by atoms with E-state index in [2.05, 4.69) is 78.0 Å². The highest BCUT2D eigenvalue weighted by Gasteiger charge is 2.52. The second kappa shape index (κ2) is 15.7. The Kier molecular flexibility index (Phi) is 12.0. The maximum absolute atomic E-state index is 14.2. The summed E-state index contributed by atoms with van der Waals surface area (Å²) in [5.74, 6) is 1.51. The van der Waals surface area contributed by atoms with Gasteiger partial charge < -0.3 is 33.5 Å². The Labute approximate surface area is 322 Å². The predicted molar refractivity (Wildman–Crippen MR) is 217 cm³/mol. The van der Waals surface area contributed by atoms with Crippen molar-refractivity contribution in [2.24, 2.45) is 0 Å². The van der Waals surface area contributed by atoms with Gasteiger partial charge in [-0.3, -0.25) is 4.57 Å². The van der Waals surface area contributed by atoms with E-state index >= 15 is 0 Å². The van der Waals surface area contributed by atoms with E-state index in [1.54, 1.807) is 14.2 Å². The van der Waals surface area contributed by atoms with Gasteiger partial charge in [-0.1, -0.05) is 96.1 Å². The van der Waals surface area contributed by atoms with Crippen LogP contribution in [0, 0.1) is 0 Å². The Balaban J connectivity index is 1.58. The maximum atomic E-state index is 14.2. The third-order valence-electron chi connectivity index (χ3n) is 11.5. The van der Waals surface area contributed by atoms with E-state index in [1.807, 2.05) is 78.9 Å². The molecule has 1 aliphatic rings. The summed E-state index contributed by atoms with van der Waals surface area (Å²) in [6.45, 7) is 21.6. The van der Waals surface area contributed by atoms with Crippen molar-refractivity contribution in [2.45, 2.75) is 108 Å². The second-order valence-corrected chi connectivity index (χ2v) is 26.6. The van der Waals surface area contributed by atoms with Crippen LogP contribution in [-0.4, -0.2) is 75.4 Å². The van der Waals surface area contributed by atoms with Gasteiger partial charge in [0.25, 0.3) is 0 Å². The standard InChI is InChI=1S/C41H58N4O7Si2/c1-39(2,3)53(9,10)50-26-33-34(46)35(52-54(11,12)40(4,5)6)36(51-33)45-27-42-37(43-38(45)47)44-41(28-16-14-13-15-17-28,29-18-22-31(48-7)23-19-29)30-20-24-32(49-8)25-21-30/h13-25,27,33-36,46H,26H2,1-12H3,(H,43,44,47)/t33-,34-,35-,36-/m1/s1. The molecule has 0 bridgehead atoms. The number of benzene rings is 3. The molecule has 11 nitrogen and oxygen atoms in total. The number of nitrogens with zero attached hydrogens (tertiary/aromatic N) is 3. The molecule has 0 aliphatic carbocycles. The molecule has 3 aromatic carbocycles. The average Bonchev–Trinajstić information content (AvgIpc) is 3.42. The molecule has 2 heterocycles. The van der Waals surface area contributed by atoms with Gasteiger partial charge in [-0.2, -0.15) is 4.98 Å². The van der Waals surface area contributed by atoms with Crippen molar-refractivity contribution in [1.29, 1.82) is 0 Å². The molecular formula is C41H58N4O7Si2. The fourth-order valence-corrected chi connectivity index (χ4v) is 8.37. The van der Waals surface area contributed by atoms with Gasteiger partial charge in [-0.25, -0.2) is 9.78 Å². The summed E-state index contributed by atoms with van der Waals surface area (Å²) in [5.41, 5.74) is 0.969. The van der Waals surface area contributed by atoms with Crippen molar-refractivity contribution in [3.63, 3.8) is 0 Å². The molecule has 4 atom stereocenters. The summed E-state index contributed by atoms with van der Waals surface area (Å²) in [4.78, 5) is 23.4. The Bertz CT molecular complexity index is 1860. The number of aromatic nitrogens is 3. The molecule has 54 heavy (non-hydrogen) atoms. The molecule has 0 radical (unpaired) electrons. The van der Waals surface area contributed by atoms with Gasteiger partial charge in [0.05, 0.1) is 20.8 Å². The first-order chi connectivity index (χ1) is 25.2. The van der Waals surface area contributed by atoms with Crippen LogP contribution in [0.2, 0.25) is 36.3 Å². The summed E-state index contributed by atoms with van der Waals surface area (Å²) >= 11 is 0. The van der Waals surface area contributed by atoms with Gasteiger partial charge in [0, 0.05) is 0 Å². The highest BCUT2D eigenvalue weighted by molar-refractivity contribution is 6.74. The number of anilines is 1. The van der Waals surface area contributed by atoms with Crippen LogP contribution in [0.3, 0.4) is 0 Å². The first-order valence-corrected chi connectivity index (χ1v) is 24.3. The van der Waals surface area contributed by atoms with Gasteiger partial charge in [-0.05, 0) is 77.2 Å². The summed E-state index contributed by atoms with van der Waals surface area (Å²) in [6, 6.07) is 25.4. The molecule has 292 valence electrons. The van der Waals surface area contributed by atoms with Crippen LogP contribution in [0.4, 0.5) is 5.95 Å². The minimum absolute atomic E-state index is 0.0345. The molecule has 0 amide bonds. The van der Waals surface area contributed by atoms with Crippen LogP contribution in [0.5, 0.6) is 11.5 Å². The van der Waals surface area contributed by atoms with E-state index in [0.717, 1.165) is 16.7 Å². The van der Waals surface area contributed by atoms with Crippen molar-refractivity contribution < 1.29 is 28.2 Å². The van der Waals surface area contributed by atoms with Gasteiger partial charge in [-0.15, -0.1) is 0 Å². The molecular weight excluding hydrogens is 717 g/mol. The largest absolute Gasteiger partial charge is 0.497 e. The molecule has 2 N–H and O–H groups in total. The Morgan fingerprint density at radius 2 is 1.28 bits per heavy atom. The first kappa shape index (κ1) is 41.3. The van der Waals surface area contributed by atoms with E-state index in [9.17, 15) is 9.90 Å². The molecule has 5 rings (SSSR count). The fraction of sp³-hybridized carbons (Fsp3) is 0.488. The van der Waals surface area contributed by atoms with Crippen molar-refractivity contribution in [3.05, 3.63) is 112 Å². The third-order valence-corrected chi connectivity index (χ3v) is 20.5. The van der Waals surface area contributed by atoms with Crippen molar-refractivity contribution >= 4 is 22.6 Å². The van der Waals surface area contributed by atoms with Crippen LogP contribution in [-0.2, 0) is 19.1 Å². The summed E-state index contributed by atoms with van der Waals surface area (Å²) in [5, 5.41) is 15.2. The summed E-state index contributed by atoms with van der Waals surface area (Å²) < 4.78 is 32.1. The maximum Gasteiger partial charge on any atom is 0.354 e. The number of aliphatic hydroxyl groups excluding tert-OH is 1. The van der Waals surface area contributed by atoms with E-state index < -0.39 is 52.4 Å². The van der Waals surface area contributed by atoms with Gasteiger partial charge in [0.1, 0.15) is 41.7 Å². The molecule has 1 aliphatic heterocycles. The highest BCUT2D eigenvalue weighted by atomic mass is 28.4. The quantitative estimate of drug-likeness (QED) is 0.103. The lowest BCUT2D eigenvalue weighted by molar-refractivity contribution is -0.0518. The fourth-order valence-electron chi connectivity index (χ4n) is 6.06. The van der Waals surface area contributed by atoms with Crippen molar-refractivity contribution in [3.8, 4) is 11.5 Å². The van der Waals surface area contributed by atoms with Crippen LogP contribution in [0.25, 0.3) is 0 Å². The van der Waals surface area contributed by atoms with Gasteiger partial charge in [0.15, 0.2) is 22.9 Å². The monoisotopic (exact) mass is 774 g/mol. The molecule has 4 aromatic rings. The zero-order chi connectivity index (χ0) is 39.7. The van der Waals surface area contributed by atoms with Crippen molar-refractivity contribution in [2.75, 3.05) is 26.1 Å². The SMILES string of the molecule is COc1ccc(C(Nc2ncn([C@@H]3O[C@H](CO[Si](C)(C)C(C)(C)C)[C@@H](O)[C@H]3O[Si](C)(C)C(C)(C)C)c(=O)n2)(c2ccccc2)c2ccc(OC)cc2)cc1. The van der Waals surface area contributed by atoms with Crippen LogP contribution in [0.1, 0.15) is 64.5 Å².